The topological polar surface area (TPSA) is 77.4 Å². The number of benzene rings is 2. The maximum atomic E-state index is 10.4. The van der Waals surface area contributed by atoms with Crippen LogP contribution in [-0.2, 0) is 32.2 Å². The first-order chi connectivity index (χ1) is 13.2. The van der Waals surface area contributed by atoms with Gasteiger partial charge in [-0.25, -0.2) is 0 Å². The lowest BCUT2D eigenvalue weighted by Gasteiger charge is -2.43. The Morgan fingerprint density at radius 2 is 1.33 bits per heavy atom. The molecule has 0 aromatic heterocycles. The third kappa shape index (κ3) is 5.13. The van der Waals surface area contributed by atoms with Crippen molar-refractivity contribution in [2.75, 3.05) is 13.7 Å². The monoisotopic (exact) mass is 374 g/mol. The Morgan fingerprint density at radius 3 is 1.81 bits per heavy atom. The number of rotatable bonds is 8. The Bertz CT molecular complexity index is 665. The van der Waals surface area contributed by atoms with Gasteiger partial charge in [-0.1, -0.05) is 60.7 Å². The van der Waals surface area contributed by atoms with E-state index in [4.69, 9.17) is 18.9 Å². The van der Waals surface area contributed by atoms with Gasteiger partial charge in [-0.05, 0) is 11.1 Å². The van der Waals surface area contributed by atoms with E-state index < -0.39 is 30.7 Å². The first kappa shape index (κ1) is 19.9. The summed E-state index contributed by atoms with van der Waals surface area (Å²) in [5.41, 5.74) is 1.97. The lowest BCUT2D eigenvalue weighted by Crippen LogP contribution is -2.60. The summed E-state index contributed by atoms with van der Waals surface area (Å²) < 4.78 is 23.0. The van der Waals surface area contributed by atoms with Crippen LogP contribution in [-0.4, -0.2) is 54.6 Å². The fourth-order valence-corrected chi connectivity index (χ4v) is 3.23. The van der Waals surface area contributed by atoms with Crippen molar-refractivity contribution in [1.82, 2.24) is 0 Å². The molecule has 2 N–H and O–H groups in total. The molecular weight excluding hydrogens is 348 g/mol. The number of ether oxygens (including phenoxy) is 4. The number of aliphatic hydroxyl groups excluding tert-OH is 2. The van der Waals surface area contributed by atoms with Crippen molar-refractivity contribution in [1.29, 1.82) is 0 Å². The van der Waals surface area contributed by atoms with E-state index in [0.29, 0.717) is 13.2 Å². The van der Waals surface area contributed by atoms with Crippen LogP contribution in [0.2, 0.25) is 0 Å². The molecule has 0 amide bonds. The average Bonchev–Trinajstić information content (AvgIpc) is 2.72. The van der Waals surface area contributed by atoms with Crippen molar-refractivity contribution in [3.8, 4) is 0 Å². The molecule has 1 fully saturated rings. The van der Waals surface area contributed by atoms with Crippen molar-refractivity contribution < 1.29 is 29.2 Å². The number of methoxy groups -OCH3 is 1. The van der Waals surface area contributed by atoms with E-state index in [9.17, 15) is 10.2 Å². The first-order valence-electron chi connectivity index (χ1n) is 9.01. The normalized spacial score (nSPS) is 28.2. The molecule has 1 heterocycles. The third-order valence-corrected chi connectivity index (χ3v) is 4.63. The predicted molar refractivity (Wildman–Crippen MR) is 98.8 cm³/mol. The largest absolute Gasteiger partial charge is 0.394 e. The van der Waals surface area contributed by atoms with Crippen LogP contribution >= 0.6 is 0 Å². The minimum absolute atomic E-state index is 0.286. The van der Waals surface area contributed by atoms with Crippen LogP contribution in [0.25, 0.3) is 0 Å². The molecule has 1 aliphatic rings. The van der Waals surface area contributed by atoms with Gasteiger partial charge >= 0.3 is 0 Å². The van der Waals surface area contributed by atoms with Crippen molar-refractivity contribution in [2.45, 2.75) is 43.9 Å². The number of aliphatic hydroxyl groups is 2. The highest BCUT2D eigenvalue weighted by atomic mass is 16.7. The van der Waals surface area contributed by atoms with Gasteiger partial charge < -0.3 is 29.2 Å². The van der Waals surface area contributed by atoms with Gasteiger partial charge in [0, 0.05) is 7.11 Å². The number of hydrogen-bond donors (Lipinski definition) is 2. The van der Waals surface area contributed by atoms with E-state index >= 15 is 0 Å². The first-order valence-corrected chi connectivity index (χ1v) is 9.01. The summed E-state index contributed by atoms with van der Waals surface area (Å²) in [7, 11) is 1.53. The molecule has 6 nitrogen and oxygen atoms in total. The van der Waals surface area contributed by atoms with Gasteiger partial charge in [-0.3, -0.25) is 0 Å². The molecule has 1 aliphatic heterocycles. The molecule has 27 heavy (non-hydrogen) atoms. The predicted octanol–water partition coefficient (Wildman–Crippen LogP) is 1.88. The van der Waals surface area contributed by atoms with Crippen molar-refractivity contribution >= 4 is 0 Å². The third-order valence-electron chi connectivity index (χ3n) is 4.63. The summed E-state index contributed by atoms with van der Waals surface area (Å²) >= 11 is 0. The zero-order valence-electron chi connectivity index (χ0n) is 15.3. The molecule has 1 saturated heterocycles. The van der Waals surface area contributed by atoms with Gasteiger partial charge in [0.2, 0.25) is 0 Å². The van der Waals surface area contributed by atoms with Gasteiger partial charge in [0.25, 0.3) is 0 Å². The van der Waals surface area contributed by atoms with Crippen molar-refractivity contribution in [3.63, 3.8) is 0 Å². The zero-order valence-corrected chi connectivity index (χ0v) is 15.3. The van der Waals surface area contributed by atoms with Crippen molar-refractivity contribution in [3.05, 3.63) is 71.8 Å². The zero-order chi connectivity index (χ0) is 19.1. The van der Waals surface area contributed by atoms with Crippen LogP contribution in [0.5, 0.6) is 0 Å². The fourth-order valence-electron chi connectivity index (χ4n) is 3.23. The molecule has 2 aromatic carbocycles. The molecule has 3 rings (SSSR count). The van der Waals surface area contributed by atoms with Gasteiger partial charge in [0.05, 0.1) is 19.8 Å². The van der Waals surface area contributed by atoms with Gasteiger partial charge in [-0.15, -0.1) is 0 Å². The summed E-state index contributed by atoms with van der Waals surface area (Å²) in [4.78, 5) is 0. The molecule has 0 spiro atoms. The summed E-state index contributed by atoms with van der Waals surface area (Å²) in [5, 5.41) is 20.0. The minimum atomic E-state index is -1.22. The van der Waals surface area contributed by atoms with Crippen LogP contribution < -0.4 is 0 Å². The molecule has 146 valence electrons. The molecule has 2 aromatic rings. The van der Waals surface area contributed by atoms with Crippen LogP contribution in [0.1, 0.15) is 11.1 Å². The van der Waals surface area contributed by atoms with E-state index in [2.05, 4.69) is 0 Å². The van der Waals surface area contributed by atoms with E-state index in [1.54, 1.807) is 0 Å². The van der Waals surface area contributed by atoms with E-state index in [1.165, 1.54) is 7.11 Å². The summed E-state index contributed by atoms with van der Waals surface area (Å²) in [6.45, 7) is 0.352. The van der Waals surface area contributed by atoms with E-state index in [0.717, 1.165) is 11.1 Å². The van der Waals surface area contributed by atoms with Crippen LogP contribution in [0.3, 0.4) is 0 Å². The Hall–Kier alpha value is -1.80. The molecule has 6 heteroatoms. The molecular formula is C21H26O6. The Balaban J connectivity index is 1.73. The maximum Gasteiger partial charge on any atom is 0.184 e. The van der Waals surface area contributed by atoms with Gasteiger partial charge in [-0.2, -0.15) is 0 Å². The second-order valence-corrected chi connectivity index (χ2v) is 6.47. The second-order valence-electron chi connectivity index (χ2n) is 6.47. The van der Waals surface area contributed by atoms with Crippen LogP contribution in [0.4, 0.5) is 0 Å². The lowest BCUT2D eigenvalue weighted by atomic mass is 9.98. The second kappa shape index (κ2) is 9.94. The maximum absolute atomic E-state index is 10.4. The highest BCUT2D eigenvalue weighted by molar-refractivity contribution is 5.14. The molecule has 0 radical (unpaired) electrons. The smallest absolute Gasteiger partial charge is 0.184 e. The van der Waals surface area contributed by atoms with Crippen LogP contribution in [0.15, 0.2) is 60.7 Å². The van der Waals surface area contributed by atoms with Gasteiger partial charge in [0.15, 0.2) is 6.29 Å². The number of hydrogen-bond acceptors (Lipinski definition) is 6. The minimum Gasteiger partial charge on any atom is -0.394 e. The highest BCUT2D eigenvalue weighted by Crippen LogP contribution is 2.28. The molecule has 0 saturated carbocycles. The van der Waals surface area contributed by atoms with Crippen molar-refractivity contribution in [2.24, 2.45) is 0 Å². The average molecular weight is 374 g/mol. The van der Waals surface area contributed by atoms with E-state index in [-0.39, 0.29) is 6.61 Å². The lowest BCUT2D eigenvalue weighted by molar-refractivity contribution is -0.310. The molecule has 5 atom stereocenters. The fraction of sp³-hybridized carbons (Fsp3) is 0.429. The Labute approximate surface area is 159 Å². The SMILES string of the molecule is CO[C@H]1[C@H](OCc2ccccc2)[C@@H](OCc2ccccc2)[C@H](O)O[C@@H]1CO. The van der Waals surface area contributed by atoms with E-state index in [1.807, 2.05) is 60.7 Å². The van der Waals surface area contributed by atoms with Gasteiger partial charge in [0.1, 0.15) is 24.4 Å². The van der Waals surface area contributed by atoms with Crippen LogP contribution in [0, 0.1) is 0 Å². The quantitative estimate of drug-likeness (QED) is 0.735. The summed E-state index contributed by atoms with van der Waals surface area (Å²) in [5.74, 6) is 0. The Kier molecular flexibility index (Phi) is 7.34. The Morgan fingerprint density at radius 1 is 0.815 bits per heavy atom. The standard InChI is InChI=1S/C21H26O6/c1-24-18-17(12-22)27-21(23)20(26-14-16-10-6-3-7-11-16)19(18)25-13-15-8-4-2-5-9-15/h2-11,17-23H,12-14H2,1H3/t17-,18-,19+,20-,21-/m1/s1. The molecule has 0 aliphatic carbocycles. The molecule has 0 unspecified atom stereocenters. The summed E-state index contributed by atoms with van der Waals surface area (Å²) in [6, 6.07) is 19.4. The highest BCUT2D eigenvalue weighted by Gasteiger charge is 2.47. The summed E-state index contributed by atoms with van der Waals surface area (Å²) in [6.07, 6.45) is -3.83. The molecule has 0 bridgehead atoms.